The molecule has 0 bridgehead atoms. The molecule has 140 valence electrons. The summed E-state index contributed by atoms with van der Waals surface area (Å²) in [6.07, 6.45) is 5.28. The lowest BCUT2D eigenvalue weighted by molar-refractivity contribution is -0.132. The standard InChI is InChI=1S/C20H29N5O/c1-15-7-5-9-19(22-15)25-12-6-8-18(14-25)23(3)20(26)11-10-17-13-21-24(4)16(17)2/h5,7,9,13,18H,6,8,10-12,14H2,1-4H3/t18-/m1/s1. The van der Waals surface area contributed by atoms with Gasteiger partial charge in [0.1, 0.15) is 5.82 Å². The Hall–Kier alpha value is -2.37. The molecule has 1 aliphatic heterocycles. The Morgan fingerprint density at radius 3 is 2.85 bits per heavy atom. The van der Waals surface area contributed by atoms with Gasteiger partial charge in [0.05, 0.1) is 6.20 Å². The van der Waals surface area contributed by atoms with Crippen molar-refractivity contribution in [3.05, 3.63) is 41.3 Å². The fourth-order valence-corrected chi connectivity index (χ4v) is 3.59. The van der Waals surface area contributed by atoms with Gasteiger partial charge < -0.3 is 9.80 Å². The molecule has 0 unspecified atom stereocenters. The zero-order valence-corrected chi connectivity index (χ0v) is 16.3. The number of hydrogen-bond donors (Lipinski definition) is 0. The van der Waals surface area contributed by atoms with Crippen molar-refractivity contribution in [3.8, 4) is 0 Å². The van der Waals surface area contributed by atoms with Crippen LogP contribution in [-0.2, 0) is 18.3 Å². The van der Waals surface area contributed by atoms with Gasteiger partial charge >= 0.3 is 0 Å². The summed E-state index contributed by atoms with van der Waals surface area (Å²) < 4.78 is 1.86. The molecule has 0 aromatic carbocycles. The van der Waals surface area contributed by atoms with Crippen LogP contribution in [0.4, 0.5) is 5.82 Å². The molecule has 1 aliphatic rings. The average molecular weight is 355 g/mol. The Labute approximate surface area is 155 Å². The van der Waals surface area contributed by atoms with Crippen LogP contribution in [0.15, 0.2) is 24.4 Å². The summed E-state index contributed by atoms with van der Waals surface area (Å²) in [5.74, 6) is 1.22. The summed E-state index contributed by atoms with van der Waals surface area (Å²) in [5, 5.41) is 4.26. The predicted octanol–water partition coefficient (Wildman–Crippen LogP) is 2.49. The zero-order valence-electron chi connectivity index (χ0n) is 16.3. The number of aryl methyl sites for hydroxylation is 3. The van der Waals surface area contributed by atoms with Crippen LogP contribution < -0.4 is 4.90 Å². The minimum Gasteiger partial charge on any atom is -0.355 e. The maximum Gasteiger partial charge on any atom is 0.222 e. The van der Waals surface area contributed by atoms with Crippen molar-refractivity contribution in [2.75, 3.05) is 25.0 Å². The van der Waals surface area contributed by atoms with E-state index in [0.29, 0.717) is 6.42 Å². The number of nitrogens with zero attached hydrogens (tertiary/aromatic N) is 5. The van der Waals surface area contributed by atoms with Crippen molar-refractivity contribution in [2.45, 2.75) is 45.6 Å². The molecule has 2 aromatic rings. The van der Waals surface area contributed by atoms with E-state index in [0.717, 1.165) is 55.1 Å². The number of rotatable bonds is 5. The minimum absolute atomic E-state index is 0.206. The SMILES string of the molecule is Cc1cccc(N2CCC[C@@H](N(C)C(=O)CCc3cnn(C)c3C)C2)n1. The number of likely N-dealkylation sites (N-methyl/N-ethyl adjacent to an activating group) is 1. The maximum atomic E-state index is 12.7. The van der Waals surface area contributed by atoms with E-state index in [4.69, 9.17) is 0 Å². The van der Waals surface area contributed by atoms with Gasteiger partial charge in [-0.3, -0.25) is 9.48 Å². The second-order valence-corrected chi connectivity index (χ2v) is 7.26. The normalized spacial score (nSPS) is 17.4. The van der Waals surface area contributed by atoms with Gasteiger partial charge in [-0.25, -0.2) is 4.98 Å². The van der Waals surface area contributed by atoms with Gasteiger partial charge in [-0.15, -0.1) is 0 Å². The summed E-state index contributed by atoms with van der Waals surface area (Å²) in [6, 6.07) is 6.36. The number of aromatic nitrogens is 3. The highest BCUT2D eigenvalue weighted by molar-refractivity contribution is 5.76. The van der Waals surface area contributed by atoms with E-state index in [1.54, 1.807) is 0 Å². The van der Waals surface area contributed by atoms with Crippen LogP contribution in [0, 0.1) is 13.8 Å². The van der Waals surface area contributed by atoms with Gasteiger partial charge in [0, 0.05) is 51.0 Å². The fraction of sp³-hybridized carbons (Fsp3) is 0.550. The molecule has 3 heterocycles. The van der Waals surface area contributed by atoms with Crippen molar-refractivity contribution in [3.63, 3.8) is 0 Å². The van der Waals surface area contributed by atoms with E-state index in [9.17, 15) is 4.79 Å². The molecule has 0 saturated carbocycles. The first-order valence-corrected chi connectivity index (χ1v) is 9.37. The molecular formula is C20H29N5O. The Morgan fingerprint density at radius 1 is 1.35 bits per heavy atom. The van der Waals surface area contributed by atoms with Crippen LogP contribution in [0.5, 0.6) is 0 Å². The first kappa shape index (κ1) is 18.4. The Bertz CT molecular complexity index is 769. The van der Waals surface area contributed by atoms with Crippen LogP contribution in [0.3, 0.4) is 0 Å². The monoisotopic (exact) mass is 355 g/mol. The van der Waals surface area contributed by atoms with Crippen LogP contribution in [0.2, 0.25) is 0 Å². The van der Waals surface area contributed by atoms with Crippen LogP contribution in [0.1, 0.15) is 36.2 Å². The first-order chi connectivity index (χ1) is 12.5. The van der Waals surface area contributed by atoms with E-state index in [-0.39, 0.29) is 11.9 Å². The predicted molar refractivity (Wildman–Crippen MR) is 103 cm³/mol. The summed E-state index contributed by atoms with van der Waals surface area (Å²) in [6.45, 7) is 5.92. The molecule has 0 aliphatic carbocycles. The molecule has 0 N–H and O–H groups in total. The van der Waals surface area contributed by atoms with Gasteiger partial charge in [0.2, 0.25) is 5.91 Å². The second kappa shape index (κ2) is 7.89. The van der Waals surface area contributed by atoms with E-state index in [2.05, 4.69) is 21.0 Å². The lowest BCUT2D eigenvalue weighted by Crippen LogP contribution is -2.49. The molecule has 26 heavy (non-hydrogen) atoms. The number of pyridine rings is 1. The van der Waals surface area contributed by atoms with Crippen molar-refractivity contribution in [2.24, 2.45) is 7.05 Å². The molecule has 0 radical (unpaired) electrons. The summed E-state index contributed by atoms with van der Waals surface area (Å²) >= 11 is 0. The molecule has 1 atom stereocenters. The number of carbonyl (C=O) groups is 1. The first-order valence-electron chi connectivity index (χ1n) is 9.37. The highest BCUT2D eigenvalue weighted by atomic mass is 16.2. The number of hydrogen-bond acceptors (Lipinski definition) is 4. The largest absolute Gasteiger partial charge is 0.355 e. The Balaban J connectivity index is 1.58. The second-order valence-electron chi connectivity index (χ2n) is 7.26. The molecule has 1 amide bonds. The van der Waals surface area contributed by atoms with E-state index in [1.807, 2.05) is 55.9 Å². The summed E-state index contributed by atoms with van der Waals surface area (Å²) in [7, 11) is 3.87. The molecule has 6 nitrogen and oxygen atoms in total. The zero-order chi connectivity index (χ0) is 18.7. The molecule has 0 spiro atoms. The van der Waals surface area contributed by atoms with Gasteiger partial charge in [0.15, 0.2) is 0 Å². The number of amides is 1. The van der Waals surface area contributed by atoms with Crippen molar-refractivity contribution in [1.82, 2.24) is 19.7 Å². The number of piperidine rings is 1. The average Bonchev–Trinajstić information content (AvgIpc) is 2.97. The lowest BCUT2D eigenvalue weighted by Gasteiger charge is -2.38. The smallest absolute Gasteiger partial charge is 0.222 e. The summed E-state index contributed by atoms with van der Waals surface area (Å²) in [5.41, 5.74) is 3.32. The topological polar surface area (TPSA) is 54.3 Å². The van der Waals surface area contributed by atoms with Gasteiger partial charge in [0.25, 0.3) is 0 Å². The van der Waals surface area contributed by atoms with Crippen molar-refractivity contribution in [1.29, 1.82) is 0 Å². The molecule has 1 saturated heterocycles. The highest BCUT2D eigenvalue weighted by Crippen LogP contribution is 2.21. The quantitative estimate of drug-likeness (QED) is 0.827. The third-order valence-electron chi connectivity index (χ3n) is 5.48. The number of anilines is 1. The Morgan fingerprint density at radius 2 is 2.15 bits per heavy atom. The fourth-order valence-electron chi connectivity index (χ4n) is 3.59. The van der Waals surface area contributed by atoms with E-state index in [1.165, 1.54) is 0 Å². The third kappa shape index (κ3) is 4.06. The third-order valence-corrected chi connectivity index (χ3v) is 5.48. The minimum atomic E-state index is 0.206. The summed E-state index contributed by atoms with van der Waals surface area (Å²) in [4.78, 5) is 21.6. The molecule has 2 aromatic heterocycles. The van der Waals surface area contributed by atoms with E-state index >= 15 is 0 Å². The molecule has 6 heteroatoms. The molecule has 3 rings (SSSR count). The van der Waals surface area contributed by atoms with E-state index < -0.39 is 0 Å². The highest BCUT2D eigenvalue weighted by Gasteiger charge is 2.26. The van der Waals surface area contributed by atoms with Crippen LogP contribution in [-0.4, -0.2) is 51.8 Å². The van der Waals surface area contributed by atoms with Gasteiger partial charge in [-0.1, -0.05) is 6.07 Å². The maximum absolute atomic E-state index is 12.7. The number of carbonyl (C=O) groups excluding carboxylic acids is 1. The van der Waals surface area contributed by atoms with Crippen molar-refractivity contribution >= 4 is 11.7 Å². The lowest BCUT2D eigenvalue weighted by atomic mass is 10.0. The van der Waals surface area contributed by atoms with Crippen molar-refractivity contribution < 1.29 is 4.79 Å². The van der Waals surface area contributed by atoms with Crippen LogP contribution in [0.25, 0.3) is 0 Å². The molecule has 1 fully saturated rings. The van der Waals surface area contributed by atoms with Gasteiger partial charge in [-0.05, 0) is 50.8 Å². The van der Waals surface area contributed by atoms with Crippen LogP contribution >= 0.6 is 0 Å². The molecular weight excluding hydrogens is 326 g/mol. The Kier molecular flexibility index (Phi) is 5.59. The van der Waals surface area contributed by atoms with Gasteiger partial charge in [-0.2, -0.15) is 5.10 Å².